The molecule has 0 aliphatic heterocycles. The van der Waals surface area contributed by atoms with E-state index in [4.69, 9.17) is 15.6 Å². The van der Waals surface area contributed by atoms with Crippen molar-refractivity contribution in [2.45, 2.75) is 47.6 Å². The van der Waals surface area contributed by atoms with Crippen LogP contribution in [-0.2, 0) is 22.6 Å². The summed E-state index contributed by atoms with van der Waals surface area (Å²) < 4.78 is 11.0. The Morgan fingerprint density at radius 2 is 2.18 bits per heavy atom. The first-order chi connectivity index (χ1) is 10.3. The van der Waals surface area contributed by atoms with Crippen molar-refractivity contribution in [2.75, 3.05) is 0 Å². The summed E-state index contributed by atoms with van der Waals surface area (Å²) in [5, 5.41) is 0. The fourth-order valence-electron chi connectivity index (χ4n) is 2.96. The van der Waals surface area contributed by atoms with Gasteiger partial charge in [-0.05, 0) is 38.2 Å². The summed E-state index contributed by atoms with van der Waals surface area (Å²) in [5.74, 6) is 4.12. The second-order valence-corrected chi connectivity index (χ2v) is 6.85. The van der Waals surface area contributed by atoms with Crippen LogP contribution < -0.4 is 0 Å². The van der Waals surface area contributed by atoms with Gasteiger partial charge in [-0.2, -0.15) is 0 Å². The van der Waals surface area contributed by atoms with E-state index in [9.17, 15) is 4.79 Å². The molecule has 1 heterocycles. The molecule has 1 aliphatic rings. The normalized spacial score (nSPS) is 21.8. The zero-order valence-electron chi connectivity index (χ0n) is 14.0. The van der Waals surface area contributed by atoms with Crippen LogP contribution in [0.5, 0.6) is 0 Å². The number of terminal acetylenes is 1. The van der Waals surface area contributed by atoms with E-state index in [2.05, 4.69) is 39.7 Å². The van der Waals surface area contributed by atoms with Crippen LogP contribution in [0, 0.1) is 36.5 Å². The van der Waals surface area contributed by atoms with Crippen LogP contribution in [0.15, 0.2) is 22.1 Å². The van der Waals surface area contributed by atoms with Gasteiger partial charge >= 0.3 is 5.97 Å². The van der Waals surface area contributed by atoms with Gasteiger partial charge in [0.15, 0.2) is 0 Å². The number of aryl methyl sites for hydroxylation is 1. The van der Waals surface area contributed by atoms with E-state index in [1.807, 2.05) is 13.0 Å². The fourth-order valence-corrected chi connectivity index (χ4v) is 2.96. The molecule has 0 aromatic carbocycles. The molecule has 2 unspecified atom stereocenters. The molecule has 3 nitrogen and oxygen atoms in total. The summed E-state index contributed by atoms with van der Waals surface area (Å²) in [6.45, 7) is 10.4. The van der Waals surface area contributed by atoms with Crippen molar-refractivity contribution < 1.29 is 13.9 Å². The number of furan rings is 1. The van der Waals surface area contributed by atoms with Crippen molar-refractivity contribution in [3.8, 4) is 12.3 Å². The Hall–Kier alpha value is -1.95. The van der Waals surface area contributed by atoms with Gasteiger partial charge in [-0.1, -0.05) is 31.4 Å². The summed E-state index contributed by atoms with van der Waals surface area (Å²) in [6.07, 6.45) is 7.89. The molecule has 118 valence electrons. The Balaban J connectivity index is 1.97. The monoisotopic (exact) mass is 300 g/mol. The quantitative estimate of drug-likeness (QED) is 0.468. The third-order valence-corrected chi connectivity index (χ3v) is 4.40. The maximum atomic E-state index is 12.3. The molecule has 3 heteroatoms. The molecule has 2 atom stereocenters. The lowest BCUT2D eigenvalue weighted by Gasteiger charge is -2.04. The largest absolute Gasteiger partial charge is 0.465 e. The predicted octanol–water partition coefficient (Wildman–Crippen LogP) is 4.05. The lowest BCUT2D eigenvalue weighted by atomic mass is 10.1. The number of hydrogen-bond acceptors (Lipinski definition) is 3. The highest BCUT2D eigenvalue weighted by atomic mass is 16.5. The highest BCUT2D eigenvalue weighted by Crippen LogP contribution is 2.59. The maximum absolute atomic E-state index is 12.3. The van der Waals surface area contributed by atoms with Crippen molar-refractivity contribution in [3.63, 3.8) is 0 Å². The van der Waals surface area contributed by atoms with E-state index < -0.39 is 0 Å². The summed E-state index contributed by atoms with van der Waals surface area (Å²) in [5.41, 5.74) is 2.10. The number of rotatable bonds is 5. The van der Waals surface area contributed by atoms with E-state index in [-0.39, 0.29) is 29.8 Å². The van der Waals surface area contributed by atoms with Gasteiger partial charge in [0.2, 0.25) is 0 Å². The van der Waals surface area contributed by atoms with Crippen molar-refractivity contribution in [1.82, 2.24) is 0 Å². The molecule has 0 amide bonds. The van der Waals surface area contributed by atoms with Crippen molar-refractivity contribution in [2.24, 2.45) is 17.3 Å². The van der Waals surface area contributed by atoms with Crippen molar-refractivity contribution in [1.29, 1.82) is 0 Å². The second kappa shape index (κ2) is 6.04. The highest BCUT2D eigenvalue weighted by Gasteiger charge is 2.61. The van der Waals surface area contributed by atoms with Gasteiger partial charge in [0.25, 0.3) is 0 Å². The van der Waals surface area contributed by atoms with Crippen LogP contribution in [0.4, 0.5) is 0 Å². The van der Waals surface area contributed by atoms with Crippen LogP contribution in [0.25, 0.3) is 0 Å². The molecule has 2 rings (SSSR count). The zero-order chi connectivity index (χ0) is 16.5. The fraction of sp³-hybridized carbons (Fsp3) is 0.526. The maximum Gasteiger partial charge on any atom is 0.310 e. The van der Waals surface area contributed by atoms with Gasteiger partial charge in [0.1, 0.15) is 18.1 Å². The van der Waals surface area contributed by atoms with Crippen LogP contribution in [0.2, 0.25) is 0 Å². The second-order valence-electron chi connectivity index (χ2n) is 6.85. The van der Waals surface area contributed by atoms with Gasteiger partial charge in [-0.25, -0.2) is 0 Å². The summed E-state index contributed by atoms with van der Waals surface area (Å²) in [4.78, 5) is 12.3. The number of hydrogen-bond donors (Lipinski definition) is 0. The summed E-state index contributed by atoms with van der Waals surface area (Å²) >= 11 is 0. The number of carbonyl (C=O) groups is 1. The molecule has 1 aliphatic carbocycles. The summed E-state index contributed by atoms with van der Waals surface area (Å²) in [7, 11) is 0. The molecule has 1 aromatic rings. The first-order valence-corrected chi connectivity index (χ1v) is 7.60. The third kappa shape index (κ3) is 3.27. The van der Waals surface area contributed by atoms with E-state index >= 15 is 0 Å². The smallest absolute Gasteiger partial charge is 0.310 e. The van der Waals surface area contributed by atoms with Gasteiger partial charge in [-0.15, -0.1) is 6.42 Å². The molecular weight excluding hydrogens is 276 g/mol. The van der Waals surface area contributed by atoms with E-state index in [1.165, 1.54) is 5.57 Å². The highest BCUT2D eigenvalue weighted by molar-refractivity contribution is 5.78. The molecule has 0 bridgehead atoms. The average molecular weight is 300 g/mol. The Morgan fingerprint density at radius 3 is 2.77 bits per heavy atom. The van der Waals surface area contributed by atoms with Gasteiger partial charge in [0.05, 0.1) is 12.3 Å². The molecule has 22 heavy (non-hydrogen) atoms. The third-order valence-electron chi connectivity index (χ3n) is 4.40. The lowest BCUT2D eigenvalue weighted by Crippen LogP contribution is -2.10. The number of carbonyl (C=O) groups excluding carboxylic acids is 1. The van der Waals surface area contributed by atoms with Crippen LogP contribution in [0.3, 0.4) is 0 Å². The van der Waals surface area contributed by atoms with E-state index in [0.717, 1.165) is 17.1 Å². The Labute approximate surface area is 132 Å². The molecule has 0 N–H and O–H groups in total. The minimum atomic E-state index is -0.133. The Bertz CT molecular complexity index is 636. The molecule has 1 fully saturated rings. The predicted molar refractivity (Wildman–Crippen MR) is 86.0 cm³/mol. The molecular formula is C19H24O3. The number of esters is 1. The average Bonchev–Trinajstić information content (AvgIpc) is 2.75. The van der Waals surface area contributed by atoms with Gasteiger partial charge in [0, 0.05) is 5.56 Å². The first-order valence-electron chi connectivity index (χ1n) is 7.60. The zero-order valence-corrected chi connectivity index (χ0v) is 14.0. The molecule has 1 aromatic heterocycles. The van der Waals surface area contributed by atoms with Crippen molar-refractivity contribution >= 4 is 5.97 Å². The Morgan fingerprint density at radius 1 is 1.50 bits per heavy atom. The minimum Gasteiger partial charge on any atom is -0.465 e. The van der Waals surface area contributed by atoms with Crippen molar-refractivity contribution in [3.05, 3.63) is 34.8 Å². The standard InChI is InChI=1S/C19H24O3/c1-7-8-15-10-14(13(4)22-15)11-21-18(20)17-16(9-12(2)3)19(17,5)6/h1,9-10,16-17H,8,11H2,2-6H3. The Kier molecular flexibility index (Phi) is 4.51. The molecule has 0 radical (unpaired) electrons. The lowest BCUT2D eigenvalue weighted by molar-refractivity contribution is -0.147. The summed E-state index contributed by atoms with van der Waals surface area (Å²) in [6, 6.07) is 1.87. The SMILES string of the molecule is C#CCc1cc(COC(=O)C2C(C=C(C)C)C2(C)C)c(C)o1. The van der Waals surface area contributed by atoms with E-state index in [0.29, 0.717) is 6.42 Å². The van der Waals surface area contributed by atoms with Crippen LogP contribution in [0.1, 0.15) is 44.8 Å². The minimum absolute atomic E-state index is 0.0194. The number of allylic oxidation sites excluding steroid dienone is 2. The molecule has 0 saturated heterocycles. The first kappa shape index (κ1) is 16.4. The van der Waals surface area contributed by atoms with E-state index in [1.54, 1.807) is 0 Å². The van der Waals surface area contributed by atoms with Gasteiger partial charge < -0.3 is 9.15 Å². The molecule has 0 spiro atoms. The molecule has 1 saturated carbocycles. The van der Waals surface area contributed by atoms with Gasteiger partial charge in [-0.3, -0.25) is 4.79 Å². The van der Waals surface area contributed by atoms with Crippen LogP contribution in [-0.4, -0.2) is 5.97 Å². The topological polar surface area (TPSA) is 39.4 Å². The van der Waals surface area contributed by atoms with Crippen LogP contribution >= 0.6 is 0 Å². The number of ether oxygens (including phenoxy) is 1.